The van der Waals surface area contributed by atoms with Crippen molar-refractivity contribution in [3.8, 4) is 11.5 Å². The molecule has 0 unspecified atom stereocenters. The summed E-state index contributed by atoms with van der Waals surface area (Å²) in [5.74, 6) is -0.584. The van der Waals surface area contributed by atoms with Gasteiger partial charge in [0.25, 0.3) is 0 Å². The Morgan fingerprint density at radius 1 is 1.26 bits per heavy atom. The minimum Gasteiger partial charge on any atom is -0.504 e. The van der Waals surface area contributed by atoms with E-state index in [9.17, 15) is 9.50 Å². The van der Waals surface area contributed by atoms with Crippen LogP contribution in [0.2, 0.25) is 0 Å². The summed E-state index contributed by atoms with van der Waals surface area (Å²) in [5, 5.41) is 13.7. The van der Waals surface area contributed by atoms with Gasteiger partial charge in [-0.2, -0.15) is 5.10 Å². The summed E-state index contributed by atoms with van der Waals surface area (Å²) >= 11 is 0. The van der Waals surface area contributed by atoms with Gasteiger partial charge in [-0.05, 0) is 18.2 Å². The van der Waals surface area contributed by atoms with Gasteiger partial charge in [0.15, 0.2) is 11.5 Å². The summed E-state index contributed by atoms with van der Waals surface area (Å²) in [4.78, 5) is 0. The third-order valence-electron chi connectivity index (χ3n) is 2.46. The van der Waals surface area contributed by atoms with Crippen LogP contribution in [0.25, 0.3) is 0 Å². The normalized spacial score (nSPS) is 10.6. The molecule has 2 aromatic rings. The number of para-hydroxylation sites is 1. The number of nitrogens with one attached hydrogen (secondary N) is 1. The topological polar surface area (TPSA) is 53.8 Å². The highest BCUT2D eigenvalue weighted by Crippen LogP contribution is 2.29. The largest absolute Gasteiger partial charge is 0.504 e. The Hall–Kier alpha value is -2.56. The Morgan fingerprint density at radius 3 is 2.68 bits per heavy atom. The fourth-order valence-corrected chi connectivity index (χ4v) is 1.54. The number of ether oxygens (including phenoxy) is 1. The Bertz CT molecular complexity index is 585. The molecule has 0 saturated heterocycles. The highest BCUT2D eigenvalue weighted by Gasteiger charge is 2.08. The van der Waals surface area contributed by atoms with Gasteiger partial charge in [-0.3, -0.25) is 5.43 Å². The lowest BCUT2D eigenvalue weighted by atomic mass is 10.2. The monoisotopic (exact) mass is 260 g/mol. The average Bonchev–Trinajstić information content (AvgIpc) is 2.43. The number of rotatable bonds is 4. The predicted octanol–water partition coefficient (Wildman–Crippen LogP) is 2.99. The number of hydrogen-bond acceptors (Lipinski definition) is 4. The van der Waals surface area contributed by atoms with Crippen molar-refractivity contribution in [2.75, 3.05) is 12.5 Å². The molecule has 98 valence electrons. The first-order chi connectivity index (χ1) is 9.20. The summed E-state index contributed by atoms with van der Waals surface area (Å²) < 4.78 is 18.1. The lowest BCUT2D eigenvalue weighted by Crippen LogP contribution is -1.94. The van der Waals surface area contributed by atoms with Crippen molar-refractivity contribution in [3.05, 3.63) is 53.8 Å². The van der Waals surface area contributed by atoms with E-state index in [-0.39, 0.29) is 17.1 Å². The zero-order valence-electron chi connectivity index (χ0n) is 10.3. The molecule has 19 heavy (non-hydrogen) atoms. The van der Waals surface area contributed by atoms with Gasteiger partial charge < -0.3 is 9.84 Å². The molecule has 2 N–H and O–H groups in total. The van der Waals surface area contributed by atoms with Crippen molar-refractivity contribution in [1.29, 1.82) is 0 Å². The summed E-state index contributed by atoms with van der Waals surface area (Å²) in [5.41, 5.74) is 3.80. The van der Waals surface area contributed by atoms with Crippen molar-refractivity contribution in [1.82, 2.24) is 0 Å². The number of benzene rings is 2. The number of hydrogen-bond donors (Lipinski definition) is 2. The first-order valence-corrected chi connectivity index (χ1v) is 5.61. The van der Waals surface area contributed by atoms with Gasteiger partial charge >= 0.3 is 0 Å². The number of halogens is 1. The summed E-state index contributed by atoms with van der Waals surface area (Å²) in [6.07, 6.45) is 1.33. The Kier molecular flexibility index (Phi) is 3.97. The SMILES string of the molecule is COc1cc(F)cc(C=NNc2ccccc2)c1O. The van der Waals surface area contributed by atoms with Crippen LogP contribution in [0.4, 0.5) is 10.1 Å². The van der Waals surface area contributed by atoms with Gasteiger partial charge in [0.1, 0.15) is 5.82 Å². The van der Waals surface area contributed by atoms with Crippen molar-refractivity contribution < 1.29 is 14.2 Å². The van der Waals surface area contributed by atoms with Crippen LogP contribution < -0.4 is 10.2 Å². The fourth-order valence-electron chi connectivity index (χ4n) is 1.54. The molecule has 0 radical (unpaired) electrons. The zero-order chi connectivity index (χ0) is 13.7. The lowest BCUT2D eigenvalue weighted by Gasteiger charge is -2.06. The number of aromatic hydroxyl groups is 1. The van der Waals surface area contributed by atoms with Crippen LogP contribution in [0.15, 0.2) is 47.6 Å². The van der Waals surface area contributed by atoms with Gasteiger partial charge in [0, 0.05) is 11.6 Å². The van der Waals surface area contributed by atoms with E-state index in [0.717, 1.165) is 11.8 Å². The first-order valence-electron chi connectivity index (χ1n) is 5.61. The molecule has 0 aliphatic heterocycles. The van der Waals surface area contributed by atoms with Crippen LogP contribution in [0, 0.1) is 5.82 Å². The lowest BCUT2D eigenvalue weighted by molar-refractivity contribution is 0.370. The molecule has 2 aromatic carbocycles. The van der Waals surface area contributed by atoms with Gasteiger partial charge in [0.05, 0.1) is 19.0 Å². The van der Waals surface area contributed by atoms with E-state index >= 15 is 0 Å². The maximum atomic E-state index is 13.3. The average molecular weight is 260 g/mol. The first kappa shape index (κ1) is 12.9. The van der Waals surface area contributed by atoms with E-state index < -0.39 is 5.82 Å². The molecule has 0 saturated carbocycles. The second-order valence-corrected chi connectivity index (χ2v) is 3.78. The fraction of sp³-hybridized carbons (Fsp3) is 0.0714. The molecule has 0 aliphatic carbocycles. The van der Waals surface area contributed by atoms with Crippen molar-refractivity contribution in [2.24, 2.45) is 5.10 Å². The molecule has 0 atom stereocenters. The molecular weight excluding hydrogens is 247 g/mol. The van der Waals surface area contributed by atoms with Crippen LogP contribution in [0.5, 0.6) is 11.5 Å². The van der Waals surface area contributed by atoms with Gasteiger partial charge in [-0.25, -0.2) is 4.39 Å². The van der Waals surface area contributed by atoms with Gasteiger partial charge in [0.2, 0.25) is 0 Å². The minimum absolute atomic E-state index is 0.0705. The summed E-state index contributed by atoms with van der Waals surface area (Å²) in [6.45, 7) is 0. The number of phenols is 1. The molecule has 0 amide bonds. The minimum atomic E-state index is -0.504. The van der Waals surface area contributed by atoms with Gasteiger partial charge in [-0.15, -0.1) is 0 Å². The quantitative estimate of drug-likeness (QED) is 0.656. The van der Waals surface area contributed by atoms with E-state index in [1.807, 2.05) is 30.3 Å². The second kappa shape index (κ2) is 5.86. The standard InChI is InChI=1S/C14H13FN2O2/c1-19-13-8-11(15)7-10(14(13)18)9-16-17-12-5-3-2-4-6-12/h2-9,17-18H,1H3. The van der Waals surface area contributed by atoms with Crippen LogP contribution in [-0.2, 0) is 0 Å². The maximum absolute atomic E-state index is 13.3. The van der Waals surface area contributed by atoms with Crippen LogP contribution in [0.3, 0.4) is 0 Å². The smallest absolute Gasteiger partial charge is 0.166 e. The molecule has 2 rings (SSSR count). The van der Waals surface area contributed by atoms with Crippen molar-refractivity contribution in [2.45, 2.75) is 0 Å². The molecule has 5 heteroatoms. The third kappa shape index (κ3) is 3.22. The number of anilines is 1. The maximum Gasteiger partial charge on any atom is 0.166 e. The Morgan fingerprint density at radius 2 is 2.00 bits per heavy atom. The molecule has 0 spiro atoms. The van der Waals surface area contributed by atoms with Crippen LogP contribution in [0.1, 0.15) is 5.56 Å². The number of nitrogens with zero attached hydrogens (tertiary/aromatic N) is 1. The molecule has 0 fully saturated rings. The Balaban J connectivity index is 2.17. The number of phenolic OH excluding ortho intramolecular Hbond substituents is 1. The number of hydrazone groups is 1. The number of methoxy groups -OCH3 is 1. The molecule has 4 nitrogen and oxygen atoms in total. The summed E-state index contributed by atoms with van der Waals surface area (Å²) in [6, 6.07) is 11.6. The molecule has 0 heterocycles. The Labute approximate surface area is 110 Å². The molecule has 0 bridgehead atoms. The predicted molar refractivity (Wildman–Crippen MR) is 72.3 cm³/mol. The van der Waals surface area contributed by atoms with E-state index in [1.54, 1.807) is 0 Å². The highest BCUT2D eigenvalue weighted by atomic mass is 19.1. The molecule has 0 aromatic heterocycles. The van der Waals surface area contributed by atoms with Gasteiger partial charge in [-0.1, -0.05) is 18.2 Å². The second-order valence-electron chi connectivity index (χ2n) is 3.78. The summed E-state index contributed by atoms with van der Waals surface area (Å²) in [7, 11) is 1.36. The van der Waals surface area contributed by atoms with Crippen molar-refractivity contribution >= 4 is 11.9 Å². The third-order valence-corrected chi connectivity index (χ3v) is 2.46. The zero-order valence-corrected chi connectivity index (χ0v) is 10.3. The van der Waals surface area contributed by atoms with E-state index in [1.165, 1.54) is 19.4 Å². The van der Waals surface area contributed by atoms with Crippen LogP contribution in [-0.4, -0.2) is 18.4 Å². The van der Waals surface area contributed by atoms with E-state index in [2.05, 4.69) is 10.5 Å². The highest BCUT2D eigenvalue weighted by molar-refractivity contribution is 5.85. The van der Waals surface area contributed by atoms with Crippen molar-refractivity contribution in [3.63, 3.8) is 0 Å². The molecular formula is C14H13FN2O2. The molecule has 0 aliphatic rings. The van der Waals surface area contributed by atoms with E-state index in [0.29, 0.717) is 0 Å². The van der Waals surface area contributed by atoms with E-state index in [4.69, 9.17) is 4.74 Å². The van der Waals surface area contributed by atoms with Crippen LogP contribution >= 0.6 is 0 Å².